The van der Waals surface area contributed by atoms with E-state index in [2.05, 4.69) is 218 Å². The van der Waals surface area contributed by atoms with Crippen LogP contribution in [-0.4, -0.2) is 9.97 Å². The highest BCUT2D eigenvalue weighted by Gasteiger charge is 2.46. The molecule has 60 heavy (non-hydrogen) atoms. The van der Waals surface area contributed by atoms with Crippen molar-refractivity contribution in [3.63, 3.8) is 0 Å². The molecule has 0 spiro atoms. The molecule has 0 N–H and O–H groups in total. The summed E-state index contributed by atoms with van der Waals surface area (Å²) in [6, 6.07) is 79.3. The largest absolute Gasteiger partial charge is 0.228 e. The van der Waals surface area contributed by atoms with Crippen LogP contribution in [0.1, 0.15) is 22.3 Å². The maximum absolute atomic E-state index is 5.34. The summed E-state index contributed by atoms with van der Waals surface area (Å²) in [6.45, 7) is 0. The second-order valence-electron chi connectivity index (χ2n) is 15.7. The van der Waals surface area contributed by atoms with Gasteiger partial charge in [0.1, 0.15) is 0 Å². The van der Waals surface area contributed by atoms with Crippen molar-refractivity contribution in [1.82, 2.24) is 9.97 Å². The number of rotatable bonds is 6. The number of hydrogen-bond acceptors (Lipinski definition) is 3. The highest BCUT2D eigenvalue weighted by molar-refractivity contribution is 7.25. The van der Waals surface area contributed by atoms with Gasteiger partial charge >= 0.3 is 0 Å². The average Bonchev–Trinajstić information content (AvgIpc) is 3.85. The fourth-order valence-corrected chi connectivity index (χ4v) is 10.6. The van der Waals surface area contributed by atoms with Gasteiger partial charge in [-0.1, -0.05) is 182 Å². The maximum Gasteiger partial charge on any atom is 0.160 e. The lowest BCUT2D eigenvalue weighted by Crippen LogP contribution is -2.28. The Hall–Kier alpha value is -7.46. The molecule has 1 aliphatic rings. The third-order valence-electron chi connectivity index (χ3n) is 12.4. The van der Waals surface area contributed by atoms with Gasteiger partial charge in [0.05, 0.1) is 16.8 Å². The smallest absolute Gasteiger partial charge is 0.160 e. The Kier molecular flexibility index (Phi) is 7.97. The van der Waals surface area contributed by atoms with Crippen molar-refractivity contribution in [2.45, 2.75) is 5.41 Å². The quantitative estimate of drug-likeness (QED) is 0.168. The van der Waals surface area contributed by atoms with E-state index in [1.54, 1.807) is 0 Å². The fraction of sp³-hybridized carbons (Fsp3) is 0.0175. The maximum atomic E-state index is 5.34. The van der Waals surface area contributed by atoms with Crippen molar-refractivity contribution in [2.75, 3.05) is 0 Å². The van der Waals surface area contributed by atoms with Crippen molar-refractivity contribution in [2.24, 2.45) is 0 Å². The van der Waals surface area contributed by atoms with E-state index in [1.807, 2.05) is 11.3 Å². The van der Waals surface area contributed by atoms with Gasteiger partial charge in [-0.15, -0.1) is 11.3 Å². The van der Waals surface area contributed by atoms with E-state index in [4.69, 9.17) is 9.97 Å². The Bertz CT molecular complexity index is 3380. The zero-order valence-corrected chi connectivity index (χ0v) is 33.4. The zero-order valence-electron chi connectivity index (χ0n) is 32.6. The number of aromatic nitrogens is 2. The van der Waals surface area contributed by atoms with Crippen LogP contribution in [0.5, 0.6) is 0 Å². The summed E-state index contributed by atoms with van der Waals surface area (Å²) in [5.41, 5.74) is 14.3. The summed E-state index contributed by atoms with van der Waals surface area (Å²) in [5.74, 6) is 0.705. The fourth-order valence-electron chi connectivity index (χ4n) is 9.55. The molecule has 2 heterocycles. The highest BCUT2D eigenvalue weighted by atomic mass is 32.1. The lowest BCUT2D eigenvalue weighted by atomic mass is 9.67. The van der Waals surface area contributed by atoms with Gasteiger partial charge in [0.25, 0.3) is 0 Å². The van der Waals surface area contributed by atoms with Crippen LogP contribution >= 0.6 is 11.3 Å². The summed E-state index contributed by atoms with van der Waals surface area (Å²) in [4.78, 5) is 10.6. The predicted octanol–water partition coefficient (Wildman–Crippen LogP) is 15.0. The summed E-state index contributed by atoms with van der Waals surface area (Å²) in [5, 5.41) is 4.97. The SMILES string of the molecule is c1ccc(C2(c3ccccc3)c3ccccc3-c3cc(-c4cc(-c5ccc(-c6ccc7sc8ccccc8c7c6)cc5)nc(-c5ccc6ccccc6c5)n4)ccc32)cc1. The first-order valence-corrected chi connectivity index (χ1v) is 21.3. The first-order valence-electron chi connectivity index (χ1n) is 20.5. The Morgan fingerprint density at radius 2 is 0.917 bits per heavy atom. The predicted molar refractivity (Wildman–Crippen MR) is 251 cm³/mol. The Labute approximate surface area is 352 Å². The van der Waals surface area contributed by atoms with E-state index in [1.165, 1.54) is 70.1 Å². The average molecular weight is 781 g/mol. The Morgan fingerprint density at radius 3 is 1.72 bits per heavy atom. The minimum atomic E-state index is -0.455. The van der Waals surface area contributed by atoms with Crippen LogP contribution in [0, 0.1) is 0 Å². The van der Waals surface area contributed by atoms with Crippen LogP contribution in [0.2, 0.25) is 0 Å². The standard InChI is InChI=1S/C57H36N2S/c1-3-15-44(16-4-1)57(45-17-5-2-6-18-45)50-21-11-9-19-46(50)48-35-42(29-31-51(48)57)53-36-52(58-56(59-53)43-28-25-37-13-7-8-14-40(37)33-43)39-26-23-38(24-27-39)41-30-32-55-49(34-41)47-20-10-12-22-54(47)60-55/h1-36H. The van der Waals surface area contributed by atoms with E-state index in [0.29, 0.717) is 5.82 Å². The summed E-state index contributed by atoms with van der Waals surface area (Å²) in [6.07, 6.45) is 0. The lowest BCUT2D eigenvalue weighted by Gasteiger charge is -2.33. The molecular weight excluding hydrogens is 745 g/mol. The minimum absolute atomic E-state index is 0.455. The van der Waals surface area contributed by atoms with Crippen LogP contribution in [-0.2, 0) is 5.41 Å². The van der Waals surface area contributed by atoms with Gasteiger partial charge in [-0.3, -0.25) is 0 Å². The first kappa shape index (κ1) is 34.6. The molecule has 11 aromatic rings. The van der Waals surface area contributed by atoms with Gasteiger partial charge in [-0.05, 0) is 91.7 Å². The Morgan fingerprint density at radius 1 is 0.333 bits per heavy atom. The molecule has 280 valence electrons. The normalized spacial score (nSPS) is 12.8. The number of nitrogens with zero attached hydrogens (tertiary/aromatic N) is 2. The van der Waals surface area contributed by atoms with Crippen molar-refractivity contribution >= 4 is 42.3 Å². The molecule has 0 fully saturated rings. The molecule has 0 atom stereocenters. The number of benzene rings is 9. The molecule has 1 aliphatic carbocycles. The molecule has 0 radical (unpaired) electrons. The van der Waals surface area contributed by atoms with E-state index in [0.717, 1.165) is 33.5 Å². The van der Waals surface area contributed by atoms with E-state index < -0.39 is 5.41 Å². The molecule has 0 amide bonds. The molecule has 2 aromatic heterocycles. The molecule has 9 aromatic carbocycles. The van der Waals surface area contributed by atoms with Crippen molar-refractivity contribution in [3.8, 4) is 56.2 Å². The van der Waals surface area contributed by atoms with Gasteiger partial charge in [-0.25, -0.2) is 9.97 Å². The monoisotopic (exact) mass is 780 g/mol. The second-order valence-corrected chi connectivity index (χ2v) is 16.8. The molecule has 0 saturated carbocycles. The zero-order chi connectivity index (χ0) is 39.6. The van der Waals surface area contributed by atoms with Gasteiger partial charge in [0.2, 0.25) is 0 Å². The second kappa shape index (κ2) is 13.8. The number of hydrogen-bond donors (Lipinski definition) is 0. The van der Waals surface area contributed by atoms with E-state index >= 15 is 0 Å². The third-order valence-corrected chi connectivity index (χ3v) is 13.5. The molecule has 0 bridgehead atoms. The van der Waals surface area contributed by atoms with Gasteiger partial charge < -0.3 is 0 Å². The number of fused-ring (bicyclic) bond motifs is 7. The lowest BCUT2D eigenvalue weighted by molar-refractivity contribution is 0.768. The van der Waals surface area contributed by atoms with Crippen LogP contribution in [0.25, 0.3) is 87.1 Å². The van der Waals surface area contributed by atoms with Crippen molar-refractivity contribution < 1.29 is 0 Å². The summed E-state index contributed by atoms with van der Waals surface area (Å²) >= 11 is 1.85. The summed E-state index contributed by atoms with van der Waals surface area (Å²) < 4.78 is 2.63. The van der Waals surface area contributed by atoms with E-state index in [-0.39, 0.29) is 0 Å². The molecule has 0 saturated heterocycles. The molecule has 2 nitrogen and oxygen atoms in total. The molecule has 0 unspecified atom stereocenters. The van der Waals surface area contributed by atoms with Crippen LogP contribution in [0.3, 0.4) is 0 Å². The third kappa shape index (κ3) is 5.47. The number of thiophene rings is 1. The minimum Gasteiger partial charge on any atom is -0.228 e. The van der Waals surface area contributed by atoms with Gasteiger partial charge in [0, 0.05) is 36.9 Å². The first-order chi connectivity index (χ1) is 29.7. The summed E-state index contributed by atoms with van der Waals surface area (Å²) in [7, 11) is 0. The molecular formula is C57H36N2S. The highest BCUT2D eigenvalue weighted by Crippen LogP contribution is 2.56. The van der Waals surface area contributed by atoms with Crippen LogP contribution < -0.4 is 0 Å². The Balaban J connectivity index is 1.01. The molecule has 3 heteroatoms. The van der Waals surface area contributed by atoms with Crippen LogP contribution in [0.4, 0.5) is 0 Å². The molecule has 0 aliphatic heterocycles. The topological polar surface area (TPSA) is 25.8 Å². The van der Waals surface area contributed by atoms with Crippen molar-refractivity contribution in [3.05, 3.63) is 241 Å². The molecule has 12 rings (SSSR count). The van der Waals surface area contributed by atoms with Gasteiger partial charge in [-0.2, -0.15) is 0 Å². The van der Waals surface area contributed by atoms with Gasteiger partial charge in [0.15, 0.2) is 5.82 Å². The van der Waals surface area contributed by atoms with E-state index in [9.17, 15) is 0 Å². The van der Waals surface area contributed by atoms with Crippen LogP contribution in [0.15, 0.2) is 218 Å². The van der Waals surface area contributed by atoms with Crippen molar-refractivity contribution in [1.29, 1.82) is 0 Å².